The van der Waals surface area contributed by atoms with E-state index in [9.17, 15) is 8.42 Å². The Morgan fingerprint density at radius 3 is 2.90 bits per heavy atom. The summed E-state index contributed by atoms with van der Waals surface area (Å²) >= 11 is 0. The van der Waals surface area contributed by atoms with E-state index in [1.807, 2.05) is 0 Å². The number of nitrogens with one attached hydrogen (secondary N) is 2. The molecule has 1 aromatic carbocycles. The molecule has 104 valence electrons. The molecular weight excluding hydrogens is 278 g/mol. The molecule has 20 heavy (non-hydrogen) atoms. The van der Waals surface area contributed by atoms with E-state index in [0.717, 1.165) is 0 Å². The number of H-pyrrole nitrogens is 1. The Morgan fingerprint density at radius 2 is 2.20 bits per heavy atom. The summed E-state index contributed by atoms with van der Waals surface area (Å²) in [7, 11) is -1.96. The third-order valence-corrected chi connectivity index (χ3v) is 4.34. The van der Waals surface area contributed by atoms with Gasteiger partial charge >= 0.3 is 0 Å². The van der Waals surface area contributed by atoms with Gasteiger partial charge in [-0.15, -0.1) is 0 Å². The molecule has 4 N–H and O–H groups in total. The molecule has 0 bridgehead atoms. The summed E-state index contributed by atoms with van der Waals surface area (Å²) in [4.78, 5) is 3.08. The Balaban J connectivity index is 2.05. The van der Waals surface area contributed by atoms with E-state index in [0.29, 0.717) is 22.3 Å². The lowest BCUT2D eigenvalue weighted by Gasteiger charge is -2.04. The van der Waals surface area contributed by atoms with Crippen molar-refractivity contribution in [2.75, 3.05) is 10.5 Å². The Labute approximate surface area is 115 Å². The number of hydrogen-bond donors (Lipinski definition) is 3. The van der Waals surface area contributed by atoms with Gasteiger partial charge in [-0.25, -0.2) is 8.42 Å². The zero-order chi connectivity index (χ0) is 14.3. The number of nitrogens with zero attached hydrogens (tertiary/aromatic N) is 2. The number of aromatic nitrogens is 3. The Hall–Kier alpha value is -2.48. The van der Waals surface area contributed by atoms with Gasteiger partial charge in [0.2, 0.25) is 0 Å². The van der Waals surface area contributed by atoms with Crippen LogP contribution in [0, 0.1) is 0 Å². The van der Waals surface area contributed by atoms with E-state index < -0.39 is 10.0 Å². The lowest BCUT2D eigenvalue weighted by molar-refractivity contribution is 0.602. The zero-order valence-corrected chi connectivity index (χ0v) is 11.5. The molecule has 2 aromatic heterocycles. The highest BCUT2D eigenvalue weighted by atomic mass is 32.2. The van der Waals surface area contributed by atoms with Crippen molar-refractivity contribution in [3.05, 3.63) is 36.8 Å². The fourth-order valence-electron chi connectivity index (χ4n) is 2.02. The van der Waals surface area contributed by atoms with Crippen molar-refractivity contribution >= 4 is 32.3 Å². The molecule has 0 fully saturated rings. The van der Waals surface area contributed by atoms with Crippen molar-refractivity contribution in [3.63, 3.8) is 0 Å². The second kappa shape index (κ2) is 4.27. The van der Waals surface area contributed by atoms with Crippen LogP contribution in [0.25, 0.3) is 10.9 Å². The van der Waals surface area contributed by atoms with Crippen molar-refractivity contribution in [2.24, 2.45) is 7.05 Å². The molecule has 0 radical (unpaired) electrons. The number of anilines is 2. The minimum absolute atomic E-state index is 0.177. The van der Waals surface area contributed by atoms with Gasteiger partial charge in [0.25, 0.3) is 10.0 Å². The molecule has 3 aromatic rings. The fraction of sp³-hybridized carbons (Fsp3) is 0.0833. The molecule has 0 amide bonds. The van der Waals surface area contributed by atoms with E-state index in [2.05, 4.69) is 14.8 Å². The minimum Gasteiger partial charge on any atom is -0.399 e. The first kappa shape index (κ1) is 12.5. The first-order valence-electron chi connectivity index (χ1n) is 5.84. The molecule has 0 atom stereocenters. The van der Waals surface area contributed by atoms with Crippen LogP contribution in [0.15, 0.2) is 41.7 Å². The van der Waals surface area contributed by atoms with Crippen LogP contribution >= 0.6 is 0 Å². The normalized spacial score (nSPS) is 11.8. The zero-order valence-electron chi connectivity index (χ0n) is 10.7. The van der Waals surface area contributed by atoms with Crippen LogP contribution in [-0.2, 0) is 17.1 Å². The van der Waals surface area contributed by atoms with Gasteiger partial charge in [0, 0.05) is 36.0 Å². The SMILES string of the molecule is Cn1cc(NS(=O)(=O)c2c[nH]c3cc(N)ccc23)cn1. The standard InChI is InChI=1S/C12H13N5O2S/c1-17-7-9(5-15-17)16-20(18,19)12-6-14-11-4-8(13)2-3-10(11)12/h2-7,14,16H,13H2,1H3. The number of nitrogens with two attached hydrogens (primary N) is 1. The predicted molar refractivity (Wildman–Crippen MR) is 76.7 cm³/mol. The average molecular weight is 291 g/mol. The summed E-state index contributed by atoms with van der Waals surface area (Å²) in [5.41, 5.74) is 7.34. The largest absolute Gasteiger partial charge is 0.399 e. The lowest BCUT2D eigenvalue weighted by atomic mass is 10.2. The van der Waals surface area contributed by atoms with Gasteiger partial charge in [-0.3, -0.25) is 9.40 Å². The predicted octanol–water partition coefficient (Wildman–Crippen LogP) is 1.28. The lowest BCUT2D eigenvalue weighted by Crippen LogP contribution is -2.12. The Kier molecular flexibility index (Phi) is 2.68. The second-order valence-electron chi connectivity index (χ2n) is 4.47. The number of nitrogen functional groups attached to an aromatic ring is 1. The van der Waals surface area contributed by atoms with Crippen LogP contribution in [-0.4, -0.2) is 23.2 Å². The number of aromatic amines is 1. The summed E-state index contributed by atoms with van der Waals surface area (Å²) < 4.78 is 28.8. The van der Waals surface area contributed by atoms with Crippen LogP contribution in [0.1, 0.15) is 0 Å². The molecule has 0 spiro atoms. The molecule has 0 saturated carbocycles. The Bertz CT molecular complexity index is 878. The van der Waals surface area contributed by atoms with Gasteiger partial charge in [0.15, 0.2) is 0 Å². The molecule has 0 saturated heterocycles. The molecule has 2 heterocycles. The summed E-state index contributed by atoms with van der Waals surface area (Å²) in [5, 5.41) is 4.51. The summed E-state index contributed by atoms with van der Waals surface area (Å²) in [5.74, 6) is 0. The van der Waals surface area contributed by atoms with Crippen LogP contribution in [0.4, 0.5) is 11.4 Å². The number of hydrogen-bond acceptors (Lipinski definition) is 4. The number of rotatable bonds is 3. The van der Waals surface area contributed by atoms with Crippen LogP contribution in [0.5, 0.6) is 0 Å². The van der Waals surface area contributed by atoms with Gasteiger partial charge in [-0.05, 0) is 18.2 Å². The topological polar surface area (TPSA) is 106 Å². The second-order valence-corrected chi connectivity index (χ2v) is 6.12. The number of fused-ring (bicyclic) bond motifs is 1. The Morgan fingerprint density at radius 1 is 1.40 bits per heavy atom. The smallest absolute Gasteiger partial charge is 0.264 e. The summed E-state index contributed by atoms with van der Waals surface area (Å²) in [6.07, 6.45) is 4.48. The summed E-state index contributed by atoms with van der Waals surface area (Å²) in [6, 6.07) is 5.04. The fourth-order valence-corrected chi connectivity index (χ4v) is 3.23. The molecular formula is C12H13N5O2S. The molecule has 0 aliphatic carbocycles. The number of benzene rings is 1. The van der Waals surface area contributed by atoms with Gasteiger partial charge in [0.1, 0.15) is 4.90 Å². The molecule has 0 unspecified atom stereocenters. The third kappa shape index (κ3) is 2.10. The first-order valence-corrected chi connectivity index (χ1v) is 7.32. The summed E-state index contributed by atoms with van der Waals surface area (Å²) in [6.45, 7) is 0. The van der Waals surface area contributed by atoms with Crippen molar-refractivity contribution in [1.82, 2.24) is 14.8 Å². The highest BCUT2D eigenvalue weighted by Crippen LogP contribution is 2.26. The molecule has 0 aliphatic heterocycles. The maximum absolute atomic E-state index is 12.4. The van der Waals surface area contributed by atoms with Gasteiger partial charge in [-0.2, -0.15) is 5.10 Å². The van der Waals surface area contributed by atoms with E-state index in [1.54, 1.807) is 31.4 Å². The van der Waals surface area contributed by atoms with Crippen molar-refractivity contribution < 1.29 is 8.42 Å². The van der Waals surface area contributed by atoms with Crippen molar-refractivity contribution in [3.8, 4) is 0 Å². The van der Waals surface area contributed by atoms with Crippen molar-refractivity contribution in [2.45, 2.75) is 4.90 Å². The van der Waals surface area contributed by atoms with E-state index >= 15 is 0 Å². The minimum atomic E-state index is -3.67. The molecule has 8 heteroatoms. The first-order chi connectivity index (χ1) is 9.45. The highest BCUT2D eigenvalue weighted by molar-refractivity contribution is 7.93. The molecule has 3 rings (SSSR count). The van der Waals surface area contributed by atoms with E-state index in [-0.39, 0.29) is 4.90 Å². The quantitative estimate of drug-likeness (QED) is 0.632. The third-order valence-electron chi connectivity index (χ3n) is 2.91. The van der Waals surface area contributed by atoms with Crippen LogP contribution in [0.2, 0.25) is 0 Å². The average Bonchev–Trinajstić information content (AvgIpc) is 2.94. The van der Waals surface area contributed by atoms with E-state index in [1.165, 1.54) is 17.1 Å². The van der Waals surface area contributed by atoms with Gasteiger partial charge < -0.3 is 10.7 Å². The number of sulfonamides is 1. The van der Waals surface area contributed by atoms with Crippen LogP contribution < -0.4 is 10.5 Å². The van der Waals surface area contributed by atoms with Gasteiger partial charge in [0.05, 0.1) is 11.9 Å². The number of aryl methyl sites for hydroxylation is 1. The monoisotopic (exact) mass is 291 g/mol. The van der Waals surface area contributed by atoms with Crippen LogP contribution in [0.3, 0.4) is 0 Å². The highest BCUT2D eigenvalue weighted by Gasteiger charge is 2.19. The van der Waals surface area contributed by atoms with Gasteiger partial charge in [-0.1, -0.05) is 0 Å². The maximum Gasteiger partial charge on any atom is 0.264 e. The molecule has 7 nitrogen and oxygen atoms in total. The molecule has 0 aliphatic rings. The van der Waals surface area contributed by atoms with E-state index in [4.69, 9.17) is 5.73 Å². The maximum atomic E-state index is 12.4. The van der Waals surface area contributed by atoms with Crippen molar-refractivity contribution in [1.29, 1.82) is 0 Å².